The van der Waals surface area contributed by atoms with Crippen molar-refractivity contribution in [3.63, 3.8) is 0 Å². The second-order valence-electron chi connectivity index (χ2n) is 7.93. The van der Waals surface area contributed by atoms with Gasteiger partial charge in [-0.3, -0.25) is 9.59 Å². The number of nitrogens with zero attached hydrogens (tertiary/aromatic N) is 1. The molecule has 184 valence electrons. The van der Waals surface area contributed by atoms with E-state index in [9.17, 15) is 14.9 Å². The van der Waals surface area contributed by atoms with E-state index in [4.69, 9.17) is 21.1 Å². The fourth-order valence-electron chi connectivity index (χ4n) is 3.33. The molecule has 0 spiro atoms. The highest BCUT2D eigenvalue weighted by Gasteiger charge is 2.13. The standard InChI is InChI=1S/C28H26ClN3O4/c1-4-35-26-15-20(14-21(16-30)28(34)32-24-11-5-18(2)13-19(24)3)6-12-25(26)36-17-27(33)31-23-9-7-22(29)8-10-23/h5-15H,4,17H2,1-3H3,(H,31,33)(H,32,34)/b21-14+. The maximum atomic E-state index is 12.7. The lowest BCUT2D eigenvalue weighted by Gasteiger charge is -2.13. The molecule has 0 aromatic heterocycles. The molecule has 0 unspecified atom stereocenters. The van der Waals surface area contributed by atoms with Crippen LogP contribution in [0.4, 0.5) is 11.4 Å². The molecule has 0 aliphatic rings. The van der Waals surface area contributed by atoms with Gasteiger partial charge in [-0.05, 0) is 80.4 Å². The van der Waals surface area contributed by atoms with Crippen LogP contribution in [0.5, 0.6) is 11.5 Å². The number of carbonyl (C=O) groups is 2. The second kappa shape index (κ2) is 12.4. The van der Waals surface area contributed by atoms with E-state index in [-0.39, 0.29) is 18.1 Å². The Morgan fingerprint density at radius 1 is 0.972 bits per heavy atom. The van der Waals surface area contributed by atoms with E-state index in [1.807, 2.05) is 39.0 Å². The molecule has 7 nitrogen and oxygen atoms in total. The number of amides is 2. The molecular weight excluding hydrogens is 478 g/mol. The molecule has 0 atom stereocenters. The fourth-order valence-corrected chi connectivity index (χ4v) is 3.46. The minimum atomic E-state index is -0.512. The number of nitriles is 1. The van der Waals surface area contributed by atoms with Crippen molar-refractivity contribution < 1.29 is 19.1 Å². The number of hydrogen-bond acceptors (Lipinski definition) is 5. The summed E-state index contributed by atoms with van der Waals surface area (Å²) in [6.07, 6.45) is 1.47. The van der Waals surface area contributed by atoms with E-state index in [1.54, 1.807) is 48.5 Å². The SMILES string of the molecule is CCOc1cc(/C=C(\C#N)C(=O)Nc2ccc(C)cc2C)ccc1OCC(=O)Nc1ccc(Cl)cc1. The molecule has 0 aliphatic carbocycles. The molecule has 3 aromatic carbocycles. The smallest absolute Gasteiger partial charge is 0.266 e. The molecule has 8 heteroatoms. The fraction of sp³-hybridized carbons (Fsp3) is 0.179. The van der Waals surface area contributed by atoms with Gasteiger partial charge < -0.3 is 20.1 Å². The number of benzene rings is 3. The van der Waals surface area contributed by atoms with Gasteiger partial charge in [-0.25, -0.2) is 0 Å². The van der Waals surface area contributed by atoms with Gasteiger partial charge in [0.1, 0.15) is 11.6 Å². The van der Waals surface area contributed by atoms with Gasteiger partial charge in [0.25, 0.3) is 11.8 Å². The van der Waals surface area contributed by atoms with E-state index >= 15 is 0 Å². The Kier molecular flexibility index (Phi) is 9.09. The van der Waals surface area contributed by atoms with E-state index in [0.717, 1.165) is 11.1 Å². The van der Waals surface area contributed by atoms with Crippen LogP contribution in [0.2, 0.25) is 5.02 Å². The van der Waals surface area contributed by atoms with Crippen LogP contribution in [-0.4, -0.2) is 25.0 Å². The first-order valence-corrected chi connectivity index (χ1v) is 11.6. The first-order valence-electron chi connectivity index (χ1n) is 11.2. The predicted octanol–water partition coefficient (Wildman–Crippen LogP) is 5.92. The van der Waals surface area contributed by atoms with Gasteiger partial charge in [-0.2, -0.15) is 5.26 Å². The quantitative estimate of drug-likeness (QED) is 0.279. The van der Waals surface area contributed by atoms with Crippen molar-refractivity contribution in [2.24, 2.45) is 0 Å². The number of nitrogens with one attached hydrogen (secondary N) is 2. The highest BCUT2D eigenvalue weighted by Crippen LogP contribution is 2.30. The van der Waals surface area contributed by atoms with Gasteiger partial charge in [0.05, 0.1) is 6.61 Å². The van der Waals surface area contributed by atoms with Crippen LogP contribution in [0.3, 0.4) is 0 Å². The average molecular weight is 504 g/mol. The van der Waals surface area contributed by atoms with Crippen molar-refractivity contribution in [2.75, 3.05) is 23.8 Å². The lowest BCUT2D eigenvalue weighted by molar-refractivity contribution is -0.118. The van der Waals surface area contributed by atoms with E-state index in [2.05, 4.69) is 10.6 Å². The van der Waals surface area contributed by atoms with Gasteiger partial charge in [0.2, 0.25) is 0 Å². The summed E-state index contributed by atoms with van der Waals surface area (Å²) in [6, 6.07) is 19.3. The van der Waals surface area contributed by atoms with Gasteiger partial charge in [0.15, 0.2) is 18.1 Å². The summed E-state index contributed by atoms with van der Waals surface area (Å²) in [5, 5.41) is 15.6. The zero-order chi connectivity index (χ0) is 26.1. The lowest BCUT2D eigenvalue weighted by Crippen LogP contribution is -2.20. The summed E-state index contributed by atoms with van der Waals surface area (Å²) < 4.78 is 11.3. The Morgan fingerprint density at radius 3 is 2.39 bits per heavy atom. The molecule has 3 aromatic rings. The third kappa shape index (κ3) is 7.36. The van der Waals surface area contributed by atoms with Gasteiger partial charge in [-0.15, -0.1) is 0 Å². The van der Waals surface area contributed by atoms with Gasteiger partial charge in [0, 0.05) is 16.4 Å². The van der Waals surface area contributed by atoms with Crippen molar-refractivity contribution in [2.45, 2.75) is 20.8 Å². The van der Waals surface area contributed by atoms with Crippen LogP contribution < -0.4 is 20.1 Å². The normalized spacial score (nSPS) is 10.8. The number of rotatable bonds is 9. The molecule has 2 amide bonds. The van der Waals surface area contributed by atoms with E-state index in [0.29, 0.717) is 40.1 Å². The van der Waals surface area contributed by atoms with Crippen molar-refractivity contribution in [1.82, 2.24) is 0 Å². The van der Waals surface area contributed by atoms with E-state index < -0.39 is 5.91 Å². The zero-order valence-corrected chi connectivity index (χ0v) is 21.0. The Bertz CT molecular complexity index is 1330. The van der Waals surface area contributed by atoms with Gasteiger partial charge >= 0.3 is 0 Å². The van der Waals surface area contributed by atoms with Crippen molar-refractivity contribution in [3.8, 4) is 17.6 Å². The zero-order valence-electron chi connectivity index (χ0n) is 20.2. The maximum absolute atomic E-state index is 12.7. The third-order valence-corrected chi connectivity index (χ3v) is 5.31. The topological polar surface area (TPSA) is 100 Å². The third-order valence-electron chi connectivity index (χ3n) is 5.06. The number of ether oxygens (including phenoxy) is 2. The van der Waals surface area contributed by atoms with Crippen LogP contribution in [0.1, 0.15) is 23.6 Å². The molecule has 0 bridgehead atoms. The first kappa shape index (κ1) is 26.3. The van der Waals surface area contributed by atoms with Crippen LogP contribution in [0.15, 0.2) is 66.2 Å². The van der Waals surface area contributed by atoms with E-state index in [1.165, 1.54) is 6.08 Å². The predicted molar refractivity (Wildman–Crippen MR) is 141 cm³/mol. The van der Waals surface area contributed by atoms with Crippen LogP contribution in [0, 0.1) is 25.2 Å². The number of carbonyl (C=O) groups excluding carboxylic acids is 2. The molecular formula is C28H26ClN3O4. The Labute approximate surface area is 215 Å². The summed E-state index contributed by atoms with van der Waals surface area (Å²) in [5.41, 5.74) is 3.73. The molecule has 0 aliphatic heterocycles. The van der Waals surface area contributed by atoms with Crippen LogP contribution >= 0.6 is 11.6 Å². The maximum Gasteiger partial charge on any atom is 0.266 e. The highest BCUT2D eigenvalue weighted by molar-refractivity contribution is 6.30. The molecule has 0 saturated heterocycles. The number of hydrogen-bond donors (Lipinski definition) is 2. The summed E-state index contributed by atoms with van der Waals surface area (Å²) in [6.45, 7) is 5.80. The molecule has 0 heterocycles. The van der Waals surface area contributed by atoms with Crippen molar-refractivity contribution >= 4 is 40.9 Å². The minimum Gasteiger partial charge on any atom is -0.490 e. The molecule has 3 rings (SSSR count). The molecule has 0 fully saturated rings. The Balaban J connectivity index is 1.71. The minimum absolute atomic E-state index is 0.0616. The summed E-state index contributed by atoms with van der Waals surface area (Å²) >= 11 is 5.86. The molecule has 36 heavy (non-hydrogen) atoms. The molecule has 0 radical (unpaired) electrons. The second-order valence-corrected chi connectivity index (χ2v) is 8.36. The van der Waals surface area contributed by atoms with Crippen LogP contribution in [-0.2, 0) is 9.59 Å². The highest BCUT2D eigenvalue weighted by atomic mass is 35.5. The Morgan fingerprint density at radius 2 is 1.72 bits per heavy atom. The number of anilines is 2. The number of aryl methyl sites for hydroxylation is 2. The monoisotopic (exact) mass is 503 g/mol. The van der Waals surface area contributed by atoms with Crippen molar-refractivity contribution in [3.05, 3.63) is 87.9 Å². The summed E-state index contributed by atoms with van der Waals surface area (Å²) in [7, 11) is 0. The largest absolute Gasteiger partial charge is 0.490 e. The number of halogens is 1. The average Bonchev–Trinajstić information content (AvgIpc) is 2.85. The lowest BCUT2D eigenvalue weighted by atomic mass is 10.1. The van der Waals surface area contributed by atoms with Crippen LogP contribution in [0.25, 0.3) is 6.08 Å². The van der Waals surface area contributed by atoms with Crippen molar-refractivity contribution in [1.29, 1.82) is 5.26 Å². The first-order chi connectivity index (χ1) is 17.3. The molecule has 2 N–H and O–H groups in total. The summed E-state index contributed by atoms with van der Waals surface area (Å²) in [5.74, 6) is -0.115. The summed E-state index contributed by atoms with van der Waals surface area (Å²) in [4.78, 5) is 25.0. The molecule has 0 saturated carbocycles. The van der Waals surface area contributed by atoms with Gasteiger partial charge in [-0.1, -0.05) is 35.4 Å². The Hall–Kier alpha value is -4.28.